The summed E-state index contributed by atoms with van der Waals surface area (Å²) >= 11 is 0. The van der Waals surface area contributed by atoms with Crippen LogP contribution in [0, 0.1) is 0 Å². The van der Waals surface area contributed by atoms with Gasteiger partial charge in [-0.25, -0.2) is 9.89 Å². The van der Waals surface area contributed by atoms with Crippen LogP contribution in [0.3, 0.4) is 0 Å². The van der Waals surface area contributed by atoms with Gasteiger partial charge in [0.15, 0.2) is 6.04 Å². The van der Waals surface area contributed by atoms with E-state index in [4.69, 9.17) is 16.2 Å². The van der Waals surface area contributed by atoms with E-state index in [-0.39, 0.29) is 55.1 Å². The van der Waals surface area contributed by atoms with Gasteiger partial charge in [-0.05, 0) is 25.3 Å². The summed E-state index contributed by atoms with van der Waals surface area (Å²) in [7, 11) is 0. The van der Waals surface area contributed by atoms with Gasteiger partial charge < -0.3 is 20.3 Å². The number of amides is 3. The summed E-state index contributed by atoms with van der Waals surface area (Å²) in [6, 6.07) is 2.76. The number of guanidine groups is 2. The zero-order valence-electron chi connectivity index (χ0n) is 21.9. The summed E-state index contributed by atoms with van der Waals surface area (Å²) in [4.78, 5) is 42.5. The van der Waals surface area contributed by atoms with Crippen LogP contribution in [0.4, 0.5) is 0 Å². The Bertz CT molecular complexity index is 1390. The van der Waals surface area contributed by atoms with Crippen molar-refractivity contribution in [2.45, 2.75) is 73.5 Å². The molecule has 212 valence electrons. The first kappa shape index (κ1) is 25.1. The van der Waals surface area contributed by atoms with Gasteiger partial charge in [0.05, 0.1) is 25.3 Å². The summed E-state index contributed by atoms with van der Waals surface area (Å²) in [6.45, 7) is 0.404. The van der Waals surface area contributed by atoms with Crippen molar-refractivity contribution in [1.82, 2.24) is 20.9 Å². The molecule has 14 nitrogen and oxygen atoms in total. The van der Waals surface area contributed by atoms with E-state index in [0.29, 0.717) is 17.9 Å². The van der Waals surface area contributed by atoms with Gasteiger partial charge in [0.1, 0.15) is 17.8 Å². The summed E-state index contributed by atoms with van der Waals surface area (Å²) in [5.74, 6) is -3.01. The van der Waals surface area contributed by atoms with Gasteiger partial charge in [0.25, 0.3) is 17.4 Å². The van der Waals surface area contributed by atoms with Crippen molar-refractivity contribution >= 4 is 29.6 Å². The first-order valence-corrected chi connectivity index (χ1v) is 13.8. The van der Waals surface area contributed by atoms with Crippen LogP contribution < -0.4 is 37.1 Å². The van der Waals surface area contributed by atoms with Crippen LogP contribution in [0.1, 0.15) is 54.4 Å². The molecule has 6 aliphatic rings. The molecule has 2 saturated heterocycles. The Balaban J connectivity index is 1.20. The lowest BCUT2D eigenvalue weighted by molar-refractivity contribution is -0.674. The van der Waals surface area contributed by atoms with Crippen molar-refractivity contribution in [2.24, 2.45) is 11.5 Å². The Hall–Kier alpha value is -3.91. The highest BCUT2D eigenvalue weighted by atomic mass is 16.5. The predicted molar refractivity (Wildman–Crippen MR) is 138 cm³/mol. The maximum absolute atomic E-state index is 13.7. The molecule has 1 saturated carbocycles. The number of nitrogens with two attached hydrogens (primary N) is 2. The number of para-hydroxylation sites is 1. The number of nitrogens with one attached hydrogen (secondary N) is 4. The van der Waals surface area contributed by atoms with Crippen LogP contribution >= 0.6 is 0 Å². The van der Waals surface area contributed by atoms with Crippen molar-refractivity contribution in [3.63, 3.8) is 0 Å². The molecule has 5 heterocycles. The molecule has 2 spiro atoms. The Morgan fingerprint density at radius 1 is 1.20 bits per heavy atom. The third-order valence-corrected chi connectivity index (χ3v) is 9.76. The number of aliphatic hydroxyl groups is 2. The average molecular weight is 555 g/mol. The number of imide groups is 1. The van der Waals surface area contributed by atoms with E-state index in [2.05, 4.69) is 20.9 Å². The molecule has 4 atom stereocenters. The van der Waals surface area contributed by atoms with E-state index >= 15 is 0 Å². The number of rotatable bonds is 4. The van der Waals surface area contributed by atoms with Gasteiger partial charge in [-0.15, -0.1) is 0 Å². The summed E-state index contributed by atoms with van der Waals surface area (Å²) in [5, 5.41) is 32.3. The minimum Gasteiger partial charge on any atom is -0.492 e. The zero-order valence-corrected chi connectivity index (χ0v) is 21.9. The van der Waals surface area contributed by atoms with E-state index in [1.165, 1.54) is 4.58 Å². The van der Waals surface area contributed by atoms with Crippen molar-refractivity contribution < 1.29 is 38.9 Å². The van der Waals surface area contributed by atoms with Crippen LogP contribution in [-0.2, 0) is 15.0 Å². The molecule has 10 N–H and O–H groups in total. The van der Waals surface area contributed by atoms with E-state index in [1.807, 2.05) is 12.1 Å². The van der Waals surface area contributed by atoms with Crippen molar-refractivity contribution in [1.29, 1.82) is 0 Å². The number of fused-ring (bicyclic) bond motifs is 2. The normalized spacial score (nSPS) is 32.8. The zero-order chi connectivity index (χ0) is 28.0. The number of likely N-dealkylation sites (tertiary alicyclic amines) is 1. The molecule has 0 aromatic heterocycles. The maximum Gasteiger partial charge on any atom is 0.347 e. The fraction of sp³-hybridized carbons (Fsp3) is 0.577. The van der Waals surface area contributed by atoms with Crippen LogP contribution in [0.15, 0.2) is 18.2 Å². The van der Waals surface area contributed by atoms with Gasteiger partial charge in [-0.2, -0.15) is 0 Å². The molecule has 5 aliphatic heterocycles. The van der Waals surface area contributed by atoms with Crippen molar-refractivity contribution in [3.05, 3.63) is 29.3 Å². The van der Waals surface area contributed by atoms with E-state index in [1.54, 1.807) is 6.07 Å². The fourth-order valence-electron chi connectivity index (χ4n) is 7.55. The minimum atomic E-state index is -2.59. The van der Waals surface area contributed by atoms with Crippen LogP contribution in [-0.4, -0.2) is 98.6 Å². The lowest BCUT2D eigenvalue weighted by atomic mass is 9.61. The van der Waals surface area contributed by atoms with Gasteiger partial charge in [0, 0.05) is 23.8 Å². The molecule has 1 aromatic carbocycles. The molecule has 1 aromatic rings. The lowest BCUT2D eigenvalue weighted by Gasteiger charge is -2.46. The number of hydrogen-bond donors (Lipinski definition) is 8. The molecule has 0 radical (unpaired) electrons. The van der Waals surface area contributed by atoms with Crippen molar-refractivity contribution in [3.8, 4) is 5.75 Å². The van der Waals surface area contributed by atoms with E-state index < -0.39 is 35.5 Å². The van der Waals surface area contributed by atoms with Gasteiger partial charge in [-0.1, -0.05) is 18.6 Å². The third-order valence-electron chi connectivity index (χ3n) is 9.76. The number of ether oxygens (including phenoxy) is 1. The molecule has 1 unspecified atom stereocenters. The number of carbonyl (C=O) groups is 3. The highest BCUT2D eigenvalue weighted by molar-refractivity contribution is 6.02. The molecule has 0 bridgehead atoms. The Morgan fingerprint density at radius 3 is 2.65 bits per heavy atom. The molecule has 7 rings (SSSR count). The van der Waals surface area contributed by atoms with Crippen molar-refractivity contribution in [2.75, 3.05) is 19.7 Å². The predicted octanol–water partition coefficient (Wildman–Crippen LogP) is -4.80. The summed E-state index contributed by atoms with van der Waals surface area (Å²) in [5.41, 5.74) is 12.2. The number of benzene rings is 1. The summed E-state index contributed by atoms with van der Waals surface area (Å²) < 4.78 is 7.49. The van der Waals surface area contributed by atoms with Crippen LogP contribution in [0.2, 0.25) is 0 Å². The van der Waals surface area contributed by atoms with Gasteiger partial charge >= 0.3 is 11.9 Å². The molecule has 3 fully saturated rings. The Morgan fingerprint density at radius 2 is 1.95 bits per heavy atom. The first-order chi connectivity index (χ1) is 19.1. The SMILES string of the molecule is NC1=[NH+][C@H]2[C@H](CN3C(=O)CCC3=O)NC(N)=[N+]3CC(NC(=O)c4cccc5c4OCCC54CCC4)C(O)(O)[C@]23N1. The molecular weight excluding hydrogens is 520 g/mol. The first-order valence-electron chi connectivity index (χ1n) is 13.8. The number of hydrogen-bond acceptors (Lipinski definition) is 10. The van der Waals surface area contributed by atoms with Gasteiger partial charge in [-0.3, -0.25) is 41.1 Å². The standard InChI is InChI=1S/C26H32N8O6/c27-22-31-20-15(11-33-17(35)5-6-18(33)36)29-23(28)34-12-16(26(38,39)25(20,34)32-22)30-21(37)13-3-1-4-14-19(13)40-10-9-24(14)7-2-8-24/h1,3-4,15-16,20,38-39H,2,5-12H2,(H6,27,28,29,30,31,32,37)/p+2/t15-,16?,20-,25-/m0/s1. The maximum atomic E-state index is 13.7. The largest absolute Gasteiger partial charge is 0.492 e. The van der Waals surface area contributed by atoms with E-state index in [0.717, 1.165) is 36.1 Å². The second kappa shape index (κ2) is 8.30. The lowest BCUT2D eigenvalue weighted by Crippen LogP contribution is -2.92. The molecule has 40 heavy (non-hydrogen) atoms. The van der Waals surface area contributed by atoms with Crippen LogP contribution in [0.25, 0.3) is 0 Å². The third kappa shape index (κ3) is 3.19. The highest BCUT2D eigenvalue weighted by Crippen LogP contribution is 2.52. The molecular formula is C26H34N8O6+2. The average Bonchev–Trinajstić information content (AvgIpc) is 3.49. The Kier molecular flexibility index (Phi) is 5.21. The molecule has 3 amide bonds. The minimum absolute atomic E-state index is 0.0385. The number of nitrogens with zero attached hydrogens (tertiary/aromatic N) is 2. The van der Waals surface area contributed by atoms with Crippen LogP contribution in [0.5, 0.6) is 5.75 Å². The summed E-state index contributed by atoms with van der Waals surface area (Å²) in [6.07, 6.45) is 4.42. The molecule has 14 heteroatoms. The smallest absolute Gasteiger partial charge is 0.347 e. The highest BCUT2D eigenvalue weighted by Gasteiger charge is 2.78. The second-order valence-corrected chi connectivity index (χ2v) is 11.7. The monoisotopic (exact) mass is 554 g/mol. The quantitative estimate of drug-likeness (QED) is 0.101. The number of carbonyl (C=O) groups excluding carboxylic acids is 3. The molecule has 1 aliphatic carbocycles. The van der Waals surface area contributed by atoms with E-state index in [9.17, 15) is 24.6 Å². The topological polar surface area (TPSA) is 209 Å². The second-order valence-electron chi connectivity index (χ2n) is 11.7. The Labute approximate surface area is 229 Å². The fourth-order valence-corrected chi connectivity index (χ4v) is 7.55. The van der Waals surface area contributed by atoms with Gasteiger partial charge in [0.2, 0.25) is 11.8 Å².